The van der Waals surface area contributed by atoms with Gasteiger partial charge in [-0.05, 0) is 25.2 Å². The lowest BCUT2D eigenvalue weighted by Gasteiger charge is -2.27. The Hall–Kier alpha value is -1.52. The molecule has 1 fully saturated rings. The van der Waals surface area contributed by atoms with Crippen molar-refractivity contribution in [3.05, 3.63) is 0 Å². The standard InChI is InChI=1S/C13H19N3O/c1-4-10-5-6-11(8-14)16(10)13(17)12(15)7-9(2)3/h1,9-12H,5-7,15H2,2-3H3/t10-,11-,12+/m0/s1. The second-order valence-electron chi connectivity index (χ2n) is 4.89. The molecule has 1 rings (SSSR count). The molecular weight excluding hydrogens is 214 g/mol. The normalized spacial score (nSPS) is 25.4. The minimum atomic E-state index is -0.556. The van der Waals surface area contributed by atoms with Gasteiger partial charge in [0.25, 0.3) is 0 Å². The van der Waals surface area contributed by atoms with Crippen LogP contribution in [0.1, 0.15) is 33.1 Å². The third-order valence-corrected chi connectivity index (χ3v) is 3.02. The monoisotopic (exact) mass is 233 g/mol. The Morgan fingerprint density at radius 2 is 2.12 bits per heavy atom. The van der Waals surface area contributed by atoms with Gasteiger partial charge in [-0.1, -0.05) is 19.8 Å². The van der Waals surface area contributed by atoms with Crippen molar-refractivity contribution >= 4 is 5.91 Å². The van der Waals surface area contributed by atoms with E-state index >= 15 is 0 Å². The summed E-state index contributed by atoms with van der Waals surface area (Å²) in [5, 5.41) is 9.01. The largest absolute Gasteiger partial charge is 0.320 e. The maximum atomic E-state index is 12.2. The Kier molecular flexibility index (Phi) is 4.54. The molecule has 0 unspecified atom stereocenters. The number of nitriles is 1. The second kappa shape index (κ2) is 5.70. The van der Waals surface area contributed by atoms with Gasteiger partial charge in [0.1, 0.15) is 6.04 Å². The molecule has 0 saturated carbocycles. The lowest BCUT2D eigenvalue weighted by atomic mass is 10.0. The lowest BCUT2D eigenvalue weighted by molar-refractivity contribution is -0.134. The van der Waals surface area contributed by atoms with Gasteiger partial charge < -0.3 is 10.6 Å². The number of terminal acetylenes is 1. The zero-order chi connectivity index (χ0) is 13.0. The maximum absolute atomic E-state index is 12.2. The van der Waals surface area contributed by atoms with Gasteiger partial charge in [0, 0.05) is 0 Å². The van der Waals surface area contributed by atoms with Crippen LogP contribution in [-0.4, -0.2) is 28.9 Å². The first-order chi connectivity index (χ1) is 8.01. The molecule has 0 spiro atoms. The van der Waals surface area contributed by atoms with Crippen LogP contribution >= 0.6 is 0 Å². The maximum Gasteiger partial charge on any atom is 0.241 e. The van der Waals surface area contributed by atoms with Gasteiger partial charge in [-0.15, -0.1) is 6.42 Å². The van der Waals surface area contributed by atoms with E-state index in [1.54, 1.807) is 0 Å². The minimum Gasteiger partial charge on any atom is -0.320 e. The molecule has 1 aliphatic rings. The summed E-state index contributed by atoms with van der Waals surface area (Å²) in [7, 11) is 0. The zero-order valence-corrected chi connectivity index (χ0v) is 10.4. The highest BCUT2D eigenvalue weighted by atomic mass is 16.2. The van der Waals surface area contributed by atoms with Gasteiger partial charge >= 0.3 is 0 Å². The summed E-state index contributed by atoms with van der Waals surface area (Å²) in [5.41, 5.74) is 5.86. The summed E-state index contributed by atoms with van der Waals surface area (Å²) in [4.78, 5) is 13.7. The Morgan fingerprint density at radius 3 is 2.59 bits per heavy atom. The van der Waals surface area contributed by atoms with E-state index in [-0.39, 0.29) is 11.9 Å². The Balaban J connectivity index is 2.78. The molecule has 0 radical (unpaired) electrons. The summed E-state index contributed by atoms with van der Waals surface area (Å²) in [6.07, 6.45) is 7.34. The molecule has 0 bridgehead atoms. The van der Waals surface area contributed by atoms with Crippen LogP contribution in [-0.2, 0) is 4.79 Å². The smallest absolute Gasteiger partial charge is 0.241 e. The SMILES string of the molecule is C#C[C@H]1CC[C@@H](C#N)N1C(=O)[C@H](N)CC(C)C. The molecule has 3 atom stereocenters. The van der Waals surface area contributed by atoms with Crippen LogP contribution in [0.5, 0.6) is 0 Å². The van der Waals surface area contributed by atoms with Crippen molar-refractivity contribution in [2.75, 3.05) is 0 Å². The van der Waals surface area contributed by atoms with Crippen LogP contribution in [0.15, 0.2) is 0 Å². The van der Waals surface area contributed by atoms with Crippen molar-refractivity contribution in [3.63, 3.8) is 0 Å². The molecule has 4 heteroatoms. The molecule has 0 aliphatic carbocycles. The number of nitrogens with two attached hydrogens (primary N) is 1. The van der Waals surface area contributed by atoms with Crippen LogP contribution < -0.4 is 5.73 Å². The van der Waals surface area contributed by atoms with Gasteiger partial charge in [0.2, 0.25) is 5.91 Å². The average molecular weight is 233 g/mol. The van der Waals surface area contributed by atoms with E-state index in [0.29, 0.717) is 25.2 Å². The third kappa shape index (κ3) is 2.99. The van der Waals surface area contributed by atoms with E-state index in [1.165, 1.54) is 4.90 Å². The molecule has 0 aromatic carbocycles. The molecule has 0 aromatic heterocycles. The molecule has 0 aromatic rings. The molecule has 1 aliphatic heterocycles. The molecule has 2 N–H and O–H groups in total. The number of carbonyl (C=O) groups excluding carboxylic acids is 1. The number of nitrogens with zero attached hydrogens (tertiary/aromatic N) is 2. The predicted molar refractivity (Wildman–Crippen MR) is 65.5 cm³/mol. The first kappa shape index (κ1) is 13.5. The summed E-state index contributed by atoms with van der Waals surface area (Å²) < 4.78 is 0. The quantitative estimate of drug-likeness (QED) is 0.735. The van der Waals surface area contributed by atoms with E-state index in [2.05, 4.69) is 12.0 Å². The highest BCUT2D eigenvalue weighted by Gasteiger charge is 2.38. The first-order valence-corrected chi connectivity index (χ1v) is 5.94. The fourth-order valence-electron chi connectivity index (χ4n) is 2.21. The van der Waals surface area contributed by atoms with Gasteiger partial charge in [-0.3, -0.25) is 4.79 Å². The Morgan fingerprint density at radius 1 is 1.53 bits per heavy atom. The first-order valence-electron chi connectivity index (χ1n) is 5.94. The molecule has 4 nitrogen and oxygen atoms in total. The van der Waals surface area contributed by atoms with Gasteiger partial charge in [0.15, 0.2) is 0 Å². The number of amides is 1. The number of carbonyl (C=O) groups is 1. The summed E-state index contributed by atoms with van der Waals surface area (Å²) >= 11 is 0. The minimum absolute atomic E-state index is 0.189. The number of likely N-dealkylation sites (tertiary alicyclic amines) is 1. The number of hydrogen-bond donors (Lipinski definition) is 1. The van der Waals surface area contributed by atoms with Crippen LogP contribution in [0.3, 0.4) is 0 Å². The molecule has 17 heavy (non-hydrogen) atoms. The van der Waals surface area contributed by atoms with E-state index in [1.807, 2.05) is 13.8 Å². The fraction of sp³-hybridized carbons (Fsp3) is 0.692. The van der Waals surface area contributed by atoms with Crippen molar-refractivity contribution in [2.24, 2.45) is 11.7 Å². The van der Waals surface area contributed by atoms with E-state index in [4.69, 9.17) is 17.4 Å². The van der Waals surface area contributed by atoms with Crippen molar-refractivity contribution in [3.8, 4) is 18.4 Å². The van der Waals surface area contributed by atoms with Crippen molar-refractivity contribution < 1.29 is 4.79 Å². The van der Waals surface area contributed by atoms with Crippen molar-refractivity contribution in [2.45, 2.75) is 51.2 Å². The lowest BCUT2D eigenvalue weighted by Crippen LogP contribution is -2.49. The highest BCUT2D eigenvalue weighted by molar-refractivity contribution is 5.83. The van der Waals surface area contributed by atoms with Crippen LogP contribution in [0.2, 0.25) is 0 Å². The van der Waals surface area contributed by atoms with Crippen LogP contribution in [0.25, 0.3) is 0 Å². The summed E-state index contributed by atoms with van der Waals surface area (Å²) in [6, 6.07) is 0.878. The van der Waals surface area contributed by atoms with E-state index in [0.717, 1.165) is 0 Å². The van der Waals surface area contributed by atoms with Gasteiger partial charge in [0.05, 0.1) is 18.2 Å². The predicted octanol–water partition coefficient (Wildman–Crippen LogP) is 0.876. The van der Waals surface area contributed by atoms with Gasteiger partial charge in [-0.2, -0.15) is 5.26 Å². The zero-order valence-electron chi connectivity index (χ0n) is 10.4. The van der Waals surface area contributed by atoms with Crippen molar-refractivity contribution in [1.29, 1.82) is 5.26 Å². The second-order valence-corrected chi connectivity index (χ2v) is 4.89. The van der Waals surface area contributed by atoms with Gasteiger partial charge in [-0.25, -0.2) is 0 Å². The summed E-state index contributed by atoms with van der Waals surface area (Å²) in [6.45, 7) is 4.02. The topological polar surface area (TPSA) is 70.1 Å². The molecule has 1 amide bonds. The van der Waals surface area contributed by atoms with Crippen molar-refractivity contribution in [1.82, 2.24) is 4.90 Å². The number of rotatable bonds is 3. The molecule has 1 saturated heterocycles. The Labute approximate surface area is 103 Å². The molecule has 1 heterocycles. The fourth-order valence-corrected chi connectivity index (χ4v) is 2.21. The summed E-state index contributed by atoms with van der Waals surface area (Å²) in [5.74, 6) is 2.73. The third-order valence-electron chi connectivity index (χ3n) is 3.02. The Bertz CT molecular complexity index is 342. The van der Waals surface area contributed by atoms with E-state index in [9.17, 15) is 4.79 Å². The molecular formula is C13H19N3O. The number of hydrogen-bond acceptors (Lipinski definition) is 3. The highest BCUT2D eigenvalue weighted by Crippen LogP contribution is 2.24. The average Bonchev–Trinajstić information content (AvgIpc) is 2.69. The van der Waals surface area contributed by atoms with E-state index < -0.39 is 12.1 Å². The molecule has 92 valence electrons. The van der Waals surface area contributed by atoms with Crippen LogP contribution in [0, 0.1) is 29.6 Å². The van der Waals surface area contributed by atoms with Crippen LogP contribution in [0.4, 0.5) is 0 Å².